The lowest BCUT2D eigenvalue weighted by molar-refractivity contribution is -0.0828. The van der Waals surface area contributed by atoms with Crippen LogP contribution in [0.15, 0.2) is 35.1 Å². The van der Waals surface area contributed by atoms with E-state index < -0.39 is 5.60 Å². The van der Waals surface area contributed by atoms with Crippen LogP contribution in [0, 0.1) is 0 Å². The molecule has 1 fully saturated rings. The van der Waals surface area contributed by atoms with Crippen molar-refractivity contribution in [2.45, 2.75) is 18.9 Å². The zero-order valence-corrected chi connectivity index (χ0v) is 11.2. The zero-order valence-electron chi connectivity index (χ0n) is 11.2. The Bertz CT molecular complexity index is 729. The number of likely N-dealkylation sites (tertiary alicyclic amines) is 1. The fourth-order valence-electron chi connectivity index (χ4n) is 2.51. The Balaban J connectivity index is 1.92. The van der Waals surface area contributed by atoms with Crippen molar-refractivity contribution < 1.29 is 9.90 Å². The van der Waals surface area contributed by atoms with Gasteiger partial charge in [0.25, 0.3) is 5.91 Å². The molecule has 0 aliphatic carbocycles. The molecule has 2 aromatic rings. The lowest BCUT2D eigenvalue weighted by atomic mass is 9.91. The minimum atomic E-state index is -0.771. The van der Waals surface area contributed by atoms with Gasteiger partial charge in [-0.05, 0) is 18.6 Å². The number of amides is 1. The van der Waals surface area contributed by atoms with E-state index in [4.69, 9.17) is 0 Å². The van der Waals surface area contributed by atoms with E-state index in [2.05, 4.69) is 4.98 Å². The second-order valence-electron chi connectivity index (χ2n) is 5.33. The molecule has 1 aliphatic heterocycles. The number of para-hydroxylation sites is 1. The van der Waals surface area contributed by atoms with Crippen LogP contribution in [0.2, 0.25) is 0 Å². The molecule has 20 heavy (non-hydrogen) atoms. The molecule has 2 heterocycles. The molecule has 104 valence electrons. The van der Waals surface area contributed by atoms with Gasteiger partial charge in [0.2, 0.25) is 0 Å². The summed E-state index contributed by atoms with van der Waals surface area (Å²) in [5.41, 5.74) is -0.0252. The molecule has 1 saturated heterocycles. The summed E-state index contributed by atoms with van der Waals surface area (Å²) in [5.74, 6) is -0.244. The number of aromatic nitrogens is 1. The van der Waals surface area contributed by atoms with Crippen LogP contribution in [0.4, 0.5) is 0 Å². The summed E-state index contributed by atoms with van der Waals surface area (Å²) in [6.45, 7) is 2.52. The van der Waals surface area contributed by atoms with Gasteiger partial charge < -0.3 is 15.0 Å². The first-order valence-electron chi connectivity index (χ1n) is 6.66. The van der Waals surface area contributed by atoms with Gasteiger partial charge in [0.1, 0.15) is 5.69 Å². The van der Waals surface area contributed by atoms with Crippen LogP contribution in [0.5, 0.6) is 0 Å². The Kier molecular flexibility index (Phi) is 2.87. The molecule has 0 spiro atoms. The van der Waals surface area contributed by atoms with Crippen LogP contribution in [0.1, 0.15) is 23.8 Å². The van der Waals surface area contributed by atoms with Gasteiger partial charge in [-0.3, -0.25) is 9.59 Å². The maximum Gasteiger partial charge on any atom is 0.270 e. The van der Waals surface area contributed by atoms with Crippen molar-refractivity contribution in [1.29, 1.82) is 0 Å². The first-order chi connectivity index (χ1) is 9.52. The topological polar surface area (TPSA) is 73.4 Å². The van der Waals surface area contributed by atoms with Crippen LogP contribution in [-0.2, 0) is 0 Å². The highest BCUT2D eigenvalue weighted by Crippen LogP contribution is 2.25. The standard InChI is InChI=1S/C15H16N2O3/c1-2-15(20)8-17(9-15)14(19)12-7-13(18)10-5-3-4-6-11(10)16-12/h3-7,20H,2,8-9H2,1H3,(H,16,18). The fourth-order valence-corrected chi connectivity index (χ4v) is 2.51. The molecule has 0 bridgehead atoms. The van der Waals surface area contributed by atoms with Gasteiger partial charge in [0, 0.05) is 17.0 Å². The van der Waals surface area contributed by atoms with Crippen LogP contribution < -0.4 is 5.43 Å². The molecule has 0 saturated carbocycles. The Morgan fingerprint density at radius 3 is 2.80 bits per heavy atom. The van der Waals surface area contributed by atoms with Crippen molar-refractivity contribution in [3.8, 4) is 0 Å². The number of pyridine rings is 1. The Hall–Kier alpha value is -2.14. The maximum atomic E-state index is 12.3. The fraction of sp³-hybridized carbons (Fsp3) is 0.333. The molecule has 1 aliphatic rings. The molecular weight excluding hydrogens is 256 g/mol. The largest absolute Gasteiger partial charge is 0.386 e. The van der Waals surface area contributed by atoms with Crippen molar-refractivity contribution in [2.24, 2.45) is 0 Å². The van der Waals surface area contributed by atoms with Crippen molar-refractivity contribution in [1.82, 2.24) is 9.88 Å². The number of nitrogens with one attached hydrogen (secondary N) is 1. The van der Waals surface area contributed by atoms with Gasteiger partial charge >= 0.3 is 0 Å². The number of aromatic amines is 1. The second kappa shape index (κ2) is 4.45. The first-order valence-corrected chi connectivity index (χ1v) is 6.66. The van der Waals surface area contributed by atoms with E-state index in [0.29, 0.717) is 30.4 Å². The number of carbonyl (C=O) groups is 1. The van der Waals surface area contributed by atoms with Gasteiger partial charge in [-0.2, -0.15) is 0 Å². The molecular formula is C15H16N2O3. The highest BCUT2D eigenvalue weighted by atomic mass is 16.3. The van der Waals surface area contributed by atoms with Crippen LogP contribution in [-0.4, -0.2) is 39.6 Å². The third kappa shape index (κ3) is 2.00. The summed E-state index contributed by atoms with van der Waals surface area (Å²) in [4.78, 5) is 28.8. The lowest BCUT2D eigenvalue weighted by Gasteiger charge is -2.45. The average Bonchev–Trinajstić information content (AvgIpc) is 2.43. The highest BCUT2D eigenvalue weighted by molar-refractivity contribution is 5.95. The van der Waals surface area contributed by atoms with E-state index >= 15 is 0 Å². The summed E-state index contributed by atoms with van der Waals surface area (Å²) in [7, 11) is 0. The Morgan fingerprint density at radius 1 is 1.40 bits per heavy atom. The number of hydrogen-bond acceptors (Lipinski definition) is 3. The lowest BCUT2D eigenvalue weighted by Crippen LogP contribution is -2.63. The van der Waals surface area contributed by atoms with Crippen LogP contribution >= 0.6 is 0 Å². The van der Waals surface area contributed by atoms with Crippen molar-refractivity contribution in [3.63, 3.8) is 0 Å². The smallest absolute Gasteiger partial charge is 0.270 e. The van der Waals surface area contributed by atoms with E-state index in [1.807, 2.05) is 13.0 Å². The van der Waals surface area contributed by atoms with Gasteiger partial charge in [-0.15, -0.1) is 0 Å². The summed E-state index contributed by atoms with van der Waals surface area (Å²) in [5, 5.41) is 10.5. The second-order valence-corrected chi connectivity index (χ2v) is 5.33. The molecule has 0 unspecified atom stereocenters. The van der Waals surface area contributed by atoms with Gasteiger partial charge in [-0.25, -0.2) is 0 Å². The number of rotatable bonds is 2. The number of nitrogens with zero attached hydrogens (tertiary/aromatic N) is 1. The van der Waals surface area contributed by atoms with Crippen molar-refractivity contribution >= 4 is 16.8 Å². The van der Waals surface area contributed by atoms with E-state index in [0.717, 1.165) is 0 Å². The number of hydrogen-bond donors (Lipinski definition) is 2. The van der Waals surface area contributed by atoms with E-state index in [1.165, 1.54) is 6.07 Å². The van der Waals surface area contributed by atoms with E-state index in [1.54, 1.807) is 23.1 Å². The SMILES string of the molecule is CCC1(O)CN(C(=O)c2cc(=O)c3ccccc3[nH]2)C1. The third-order valence-corrected chi connectivity index (χ3v) is 3.88. The summed E-state index contributed by atoms with van der Waals surface area (Å²) >= 11 is 0. The van der Waals surface area contributed by atoms with Crippen LogP contribution in [0.3, 0.4) is 0 Å². The summed E-state index contributed by atoms with van der Waals surface area (Å²) < 4.78 is 0. The molecule has 5 heteroatoms. The number of carbonyl (C=O) groups excluding carboxylic acids is 1. The molecule has 0 atom stereocenters. The zero-order chi connectivity index (χ0) is 14.3. The van der Waals surface area contributed by atoms with Crippen molar-refractivity contribution in [3.05, 3.63) is 46.2 Å². The normalized spacial score (nSPS) is 17.0. The van der Waals surface area contributed by atoms with Gasteiger partial charge in [0.15, 0.2) is 5.43 Å². The number of aliphatic hydroxyl groups is 1. The predicted octanol–water partition coefficient (Wildman–Crippen LogP) is 1.13. The molecule has 1 amide bonds. The third-order valence-electron chi connectivity index (χ3n) is 3.88. The minimum Gasteiger partial charge on any atom is -0.386 e. The van der Waals surface area contributed by atoms with Gasteiger partial charge in [0.05, 0.1) is 18.7 Å². The van der Waals surface area contributed by atoms with E-state index in [9.17, 15) is 14.7 Å². The average molecular weight is 272 g/mol. The Morgan fingerprint density at radius 2 is 2.10 bits per heavy atom. The summed E-state index contributed by atoms with van der Waals surface area (Å²) in [6, 6.07) is 8.42. The minimum absolute atomic E-state index is 0.172. The van der Waals surface area contributed by atoms with Crippen LogP contribution in [0.25, 0.3) is 10.9 Å². The predicted molar refractivity (Wildman–Crippen MR) is 75.7 cm³/mol. The Labute approximate surface area is 115 Å². The highest BCUT2D eigenvalue weighted by Gasteiger charge is 2.42. The monoisotopic (exact) mass is 272 g/mol. The molecule has 1 aromatic carbocycles. The molecule has 0 radical (unpaired) electrons. The van der Waals surface area contributed by atoms with Crippen molar-refractivity contribution in [2.75, 3.05) is 13.1 Å². The number of β-amino-alcohol motifs (C(OH)–C–C–N with tert-alkyl or cyclic N) is 1. The molecule has 5 nitrogen and oxygen atoms in total. The molecule has 1 aromatic heterocycles. The summed E-state index contributed by atoms with van der Waals surface area (Å²) in [6.07, 6.45) is 0.616. The van der Waals surface area contributed by atoms with E-state index in [-0.39, 0.29) is 17.0 Å². The first kappa shape index (κ1) is 12.9. The number of benzene rings is 1. The maximum absolute atomic E-state index is 12.3. The quantitative estimate of drug-likeness (QED) is 0.860. The molecule has 2 N–H and O–H groups in total. The number of H-pyrrole nitrogens is 1. The molecule has 3 rings (SSSR count). The number of fused-ring (bicyclic) bond motifs is 1. The van der Waals surface area contributed by atoms with Gasteiger partial charge in [-0.1, -0.05) is 19.1 Å².